The third-order valence-corrected chi connectivity index (χ3v) is 5.03. The monoisotopic (exact) mass is 381 g/mol. The topological polar surface area (TPSA) is 59.2 Å². The van der Waals surface area contributed by atoms with Gasteiger partial charge in [0, 0.05) is 16.6 Å². The van der Waals surface area contributed by atoms with Crippen LogP contribution in [0.5, 0.6) is 0 Å². The van der Waals surface area contributed by atoms with Crippen molar-refractivity contribution in [3.63, 3.8) is 0 Å². The fourth-order valence-electron chi connectivity index (χ4n) is 3.05. The van der Waals surface area contributed by atoms with E-state index >= 15 is 0 Å². The Morgan fingerprint density at radius 3 is 2.59 bits per heavy atom. The zero-order valence-electron chi connectivity index (χ0n) is 15.1. The van der Waals surface area contributed by atoms with Gasteiger partial charge in [0.15, 0.2) is 0 Å². The molecule has 1 heterocycles. The molecule has 1 amide bonds. The highest BCUT2D eigenvalue weighted by molar-refractivity contribution is 6.30. The van der Waals surface area contributed by atoms with Gasteiger partial charge in [0.25, 0.3) is 0 Å². The summed E-state index contributed by atoms with van der Waals surface area (Å²) in [6.07, 6.45) is 2.44. The summed E-state index contributed by atoms with van der Waals surface area (Å²) in [5, 5.41) is 8.89. The Labute approximate surface area is 163 Å². The highest BCUT2D eigenvalue weighted by Crippen LogP contribution is 2.30. The Bertz CT molecular complexity index is 948. The van der Waals surface area contributed by atoms with Crippen LogP contribution in [-0.4, -0.2) is 27.0 Å². The molecule has 6 heteroatoms. The van der Waals surface area contributed by atoms with Crippen molar-refractivity contribution in [2.75, 3.05) is 0 Å². The van der Waals surface area contributed by atoms with E-state index in [2.05, 4.69) is 10.2 Å². The number of amides is 1. The van der Waals surface area contributed by atoms with Gasteiger partial charge in [-0.05, 0) is 55.2 Å². The fourth-order valence-corrected chi connectivity index (χ4v) is 3.18. The first-order chi connectivity index (χ1) is 13.1. The van der Waals surface area contributed by atoms with E-state index in [0.29, 0.717) is 29.8 Å². The number of benzene rings is 2. The van der Waals surface area contributed by atoms with Crippen LogP contribution in [0.3, 0.4) is 0 Å². The predicted octanol–water partition coefficient (Wildman–Crippen LogP) is 4.43. The molecule has 2 aromatic carbocycles. The van der Waals surface area contributed by atoms with Crippen LogP contribution >= 0.6 is 11.6 Å². The minimum atomic E-state index is 0.0954. The van der Waals surface area contributed by atoms with Crippen LogP contribution in [0.1, 0.15) is 29.9 Å². The number of hydrogen-bond donors (Lipinski definition) is 0. The van der Waals surface area contributed by atoms with Crippen molar-refractivity contribution in [2.45, 2.75) is 38.8 Å². The van der Waals surface area contributed by atoms with Crippen LogP contribution in [0.4, 0.5) is 0 Å². The van der Waals surface area contributed by atoms with Gasteiger partial charge in [0.05, 0.1) is 13.0 Å². The summed E-state index contributed by atoms with van der Waals surface area (Å²) in [5.41, 5.74) is 2.99. The first-order valence-electron chi connectivity index (χ1n) is 9.02. The molecule has 0 spiro atoms. The lowest BCUT2D eigenvalue weighted by Gasteiger charge is -2.21. The maximum absolute atomic E-state index is 12.9. The molecule has 3 aromatic rings. The Kier molecular flexibility index (Phi) is 4.94. The van der Waals surface area contributed by atoms with Crippen LogP contribution in [0.25, 0.3) is 11.5 Å². The summed E-state index contributed by atoms with van der Waals surface area (Å²) in [5.74, 6) is 0.979. The van der Waals surface area contributed by atoms with E-state index < -0.39 is 0 Å². The van der Waals surface area contributed by atoms with Crippen LogP contribution in [0, 0.1) is 6.92 Å². The maximum Gasteiger partial charge on any atom is 0.247 e. The SMILES string of the molecule is Cc1ccccc1CC(=O)N(Cc1nnc(-c2ccc(Cl)cc2)o1)C1CC1. The number of hydrogen-bond acceptors (Lipinski definition) is 4. The van der Waals surface area contributed by atoms with Gasteiger partial charge in [-0.1, -0.05) is 35.9 Å². The van der Waals surface area contributed by atoms with E-state index in [4.69, 9.17) is 16.0 Å². The summed E-state index contributed by atoms with van der Waals surface area (Å²) in [7, 11) is 0. The van der Waals surface area contributed by atoms with Gasteiger partial charge < -0.3 is 9.32 Å². The normalized spacial score (nSPS) is 13.6. The number of carbonyl (C=O) groups excluding carboxylic acids is 1. The molecule has 1 fully saturated rings. The average Bonchev–Trinajstić information content (AvgIpc) is 3.40. The molecule has 0 aliphatic heterocycles. The van der Waals surface area contributed by atoms with Gasteiger partial charge in [-0.2, -0.15) is 0 Å². The van der Waals surface area contributed by atoms with Crippen molar-refractivity contribution in [3.8, 4) is 11.5 Å². The lowest BCUT2D eigenvalue weighted by molar-refractivity contribution is -0.132. The van der Waals surface area contributed by atoms with Gasteiger partial charge in [-0.15, -0.1) is 10.2 Å². The standard InChI is InChI=1S/C21H20ClN3O2/c1-14-4-2-3-5-16(14)12-20(26)25(18-10-11-18)13-19-23-24-21(27-19)15-6-8-17(22)9-7-15/h2-9,18H,10-13H2,1H3. The number of rotatable bonds is 6. The molecule has 1 aliphatic rings. The molecule has 1 saturated carbocycles. The maximum atomic E-state index is 12.9. The number of aromatic nitrogens is 2. The summed E-state index contributed by atoms with van der Waals surface area (Å²) >= 11 is 5.92. The fraction of sp³-hybridized carbons (Fsp3) is 0.286. The summed E-state index contributed by atoms with van der Waals surface area (Å²) in [6.45, 7) is 2.37. The van der Waals surface area contributed by atoms with Crippen molar-refractivity contribution in [2.24, 2.45) is 0 Å². The first-order valence-corrected chi connectivity index (χ1v) is 9.40. The van der Waals surface area contributed by atoms with Crippen molar-refractivity contribution in [1.29, 1.82) is 0 Å². The quantitative estimate of drug-likeness (QED) is 0.633. The first kappa shape index (κ1) is 17.7. The van der Waals surface area contributed by atoms with Crippen LogP contribution in [-0.2, 0) is 17.8 Å². The molecule has 5 nitrogen and oxygen atoms in total. The van der Waals surface area contributed by atoms with Gasteiger partial charge in [0.2, 0.25) is 17.7 Å². The smallest absolute Gasteiger partial charge is 0.247 e. The van der Waals surface area contributed by atoms with Crippen LogP contribution in [0.2, 0.25) is 5.02 Å². The zero-order chi connectivity index (χ0) is 18.8. The Hall–Kier alpha value is -2.66. The van der Waals surface area contributed by atoms with E-state index in [1.54, 1.807) is 12.1 Å². The van der Waals surface area contributed by atoms with Crippen molar-refractivity contribution in [1.82, 2.24) is 15.1 Å². The van der Waals surface area contributed by atoms with E-state index in [0.717, 1.165) is 29.5 Å². The molecule has 1 aliphatic carbocycles. The third-order valence-electron chi connectivity index (χ3n) is 4.77. The highest BCUT2D eigenvalue weighted by atomic mass is 35.5. The average molecular weight is 382 g/mol. The molecule has 138 valence electrons. The Morgan fingerprint density at radius 1 is 1.15 bits per heavy atom. The Balaban J connectivity index is 1.48. The van der Waals surface area contributed by atoms with Crippen LogP contribution < -0.4 is 0 Å². The number of halogens is 1. The molecular formula is C21H20ClN3O2. The van der Waals surface area contributed by atoms with Gasteiger partial charge in [-0.3, -0.25) is 4.79 Å². The summed E-state index contributed by atoms with van der Waals surface area (Å²) in [6, 6.07) is 15.5. The highest BCUT2D eigenvalue weighted by Gasteiger charge is 2.33. The van der Waals surface area contributed by atoms with E-state index in [9.17, 15) is 4.79 Å². The van der Waals surface area contributed by atoms with Crippen molar-refractivity contribution < 1.29 is 9.21 Å². The van der Waals surface area contributed by atoms with E-state index in [-0.39, 0.29) is 11.9 Å². The summed E-state index contributed by atoms with van der Waals surface area (Å²) < 4.78 is 5.78. The second-order valence-corrected chi connectivity index (χ2v) is 7.30. The lowest BCUT2D eigenvalue weighted by atomic mass is 10.1. The molecule has 0 saturated heterocycles. The molecule has 0 atom stereocenters. The van der Waals surface area contributed by atoms with Gasteiger partial charge in [-0.25, -0.2) is 0 Å². The zero-order valence-corrected chi connectivity index (χ0v) is 15.8. The molecule has 0 bridgehead atoms. The van der Waals surface area contributed by atoms with Gasteiger partial charge >= 0.3 is 0 Å². The molecule has 1 aromatic heterocycles. The second kappa shape index (κ2) is 7.53. The Morgan fingerprint density at radius 2 is 1.89 bits per heavy atom. The molecule has 27 heavy (non-hydrogen) atoms. The minimum Gasteiger partial charge on any atom is -0.419 e. The molecule has 0 unspecified atom stereocenters. The molecule has 0 N–H and O–H groups in total. The largest absolute Gasteiger partial charge is 0.419 e. The number of nitrogens with zero attached hydrogens (tertiary/aromatic N) is 3. The molecular weight excluding hydrogens is 362 g/mol. The van der Waals surface area contributed by atoms with E-state index in [1.165, 1.54) is 0 Å². The van der Waals surface area contributed by atoms with Crippen molar-refractivity contribution >= 4 is 17.5 Å². The molecule has 0 radical (unpaired) electrons. The van der Waals surface area contributed by atoms with Crippen molar-refractivity contribution in [3.05, 3.63) is 70.6 Å². The minimum absolute atomic E-state index is 0.0954. The third kappa shape index (κ3) is 4.19. The second-order valence-electron chi connectivity index (χ2n) is 6.86. The van der Waals surface area contributed by atoms with Crippen LogP contribution in [0.15, 0.2) is 52.9 Å². The number of aryl methyl sites for hydroxylation is 1. The lowest BCUT2D eigenvalue weighted by Crippen LogP contribution is -2.34. The number of carbonyl (C=O) groups is 1. The molecule has 4 rings (SSSR count). The predicted molar refractivity (Wildman–Crippen MR) is 103 cm³/mol. The van der Waals surface area contributed by atoms with Gasteiger partial charge in [0.1, 0.15) is 0 Å². The van der Waals surface area contributed by atoms with E-state index in [1.807, 2.05) is 48.2 Å². The summed E-state index contributed by atoms with van der Waals surface area (Å²) in [4.78, 5) is 14.8.